The minimum atomic E-state index is -0.279. The zero-order valence-corrected chi connectivity index (χ0v) is 19.5. The number of rotatable bonds is 8. The van der Waals surface area contributed by atoms with Crippen molar-refractivity contribution in [1.82, 2.24) is 19.7 Å². The molecule has 0 bridgehead atoms. The summed E-state index contributed by atoms with van der Waals surface area (Å²) in [5, 5.41) is 7.90. The van der Waals surface area contributed by atoms with Crippen LogP contribution < -0.4 is 10.1 Å². The molecule has 34 heavy (non-hydrogen) atoms. The van der Waals surface area contributed by atoms with Crippen LogP contribution in [0, 0.1) is 0 Å². The maximum atomic E-state index is 13.6. The Morgan fingerprint density at radius 1 is 1.06 bits per heavy atom. The van der Waals surface area contributed by atoms with Crippen molar-refractivity contribution in [1.29, 1.82) is 0 Å². The number of anilines is 1. The van der Waals surface area contributed by atoms with Crippen LogP contribution in [-0.2, 0) is 11.3 Å². The van der Waals surface area contributed by atoms with Gasteiger partial charge in [0, 0.05) is 24.3 Å². The van der Waals surface area contributed by atoms with E-state index in [-0.39, 0.29) is 18.4 Å². The molecule has 0 saturated carbocycles. The smallest absolute Gasteiger partial charge is 0.255 e. The van der Waals surface area contributed by atoms with Gasteiger partial charge in [-0.3, -0.25) is 9.59 Å². The molecule has 8 heteroatoms. The number of pyridine rings is 1. The fraction of sp³-hybridized carbons (Fsp3) is 0.231. The van der Waals surface area contributed by atoms with E-state index in [4.69, 9.17) is 9.72 Å². The van der Waals surface area contributed by atoms with Gasteiger partial charge in [0.1, 0.15) is 12.3 Å². The topological polar surface area (TPSA) is 89.3 Å². The Morgan fingerprint density at radius 3 is 2.44 bits per heavy atom. The van der Waals surface area contributed by atoms with Crippen molar-refractivity contribution in [2.75, 3.05) is 25.5 Å². The zero-order valence-electron chi connectivity index (χ0n) is 19.5. The molecule has 0 atom stereocenters. The fourth-order valence-electron chi connectivity index (χ4n) is 3.76. The molecular weight excluding hydrogens is 430 g/mol. The predicted octanol–water partition coefficient (Wildman–Crippen LogP) is 4.23. The van der Waals surface area contributed by atoms with Crippen LogP contribution in [0.4, 0.5) is 5.69 Å². The molecular formula is C26H27N5O3. The molecule has 2 aromatic carbocycles. The number of benzene rings is 2. The first-order chi connectivity index (χ1) is 16.5. The highest BCUT2D eigenvalue weighted by atomic mass is 16.5. The summed E-state index contributed by atoms with van der Waals surface area (Å²) in [5.41, 5.74) is 3.35. The molecule has 0 aliphatic heterocycles. The Morgan fingerprint density at radius 2 is 1.79 bits per heavy atom. The molecule has 0 fully saturated rings. The van der Waals surface area contributed by atoms with E-state index < -0.39 is 0 Å². The molecule has 0 aliphatic rings. The van der Waals surface area contributed by atoms with Crippen LogP contribution in [-0.4, -0.2) is 51.7 Å². The van der Waals surface area contributed by atoms with Crippen LogP contribution in [0.5, 0.6) is 5.75 Å². The summed E-state index contributed by atoms with van der Waals surface area (Å²) in [6.07, 6.45) is 1.67. The molecule has 8 nitrogen and oxygen atoms in total. The van der Waals surface area contributed by atoms with Crippen molar-refractivity contribution in [3.63, 3.8) is 0 Å². The summed E-state index contributed by atoms with van der Waals surface area (Å²) in [4.78, 5) is 32.6. The highest BCUT2D eigenvalue weighted by molar-refractivity contribution is 6.08. The SMILES string of the molecule is CCN(CC(=O)Nc1ccc(OC)cc1)C(=O)c1cc(-c2ccccc2)nc2c1cnn2CC. The third-order valence-corrected chi connectivity index (χ3v) is 5.59. The number of nitrogens with one attached hydrogen (secondary N) is 1. The Bertz CT molecular complexity index is 1300. The molecule has 2 aromatic heterocycles. The van der Waals surface area contributed by atoms with E-state index >= 15 is 0 Å². The molecule has 4 rings (SSSR count). The molecule has 4 aromatic rings. The maximum Gasteiger partial charge on any atom is 0.255 e. The number of methoxy groups -OCH3 is 1. The molecule has 1 N–H and O–H groups in total. The minimum absolute atomic E-state index is 0.0756. The van der Waals surface area contributed by atoms with E-state index in [0.29, 0.717) is 46.8 Å². The van der Waals surface area contributed by atoms with Gasteiger partial charge in [0.2, 0.25) is 5.91 Å². The standard InChI is InChI=1S/C26H27N5O3/c1-4-30(17-24(32)28-19-11-13-20(34-3)14-12-19)26(33)21-15-23(18-9-7-6-8-10-18)29-25-22(21)16-27-31(25)5-2/h6-16H,4-5,17H2,1-3H3,(H,28,32). The lowest BCUT2D eigenvalue weighted by molar-refractivity contribution is -0.116. The van der Waals surface area contributed by atoms with Gasteiger partial charge in [-0.25, -0.2) is 9.67 Å². The largest absolute Gasteiger partial charge is 0.497 e. The first-order valence-electron chi connectivity index (χ1n) is 11.2. The van der Waals surface area contributed by atoms with Gasteiger partial charge in [-0.1, -0.05) is 30.3 Å². The number of ether oxygens (including phenoxy) is 1. The lowest BCUT2D eigenvalue weighted by Crippen LogP contribution is -2.38. The molecule has 0 radical (unpaired) electrons. The van der Waals surface area contributed by atoms with Gasteiger partial charge in [-0.2, -0.15) is 5.10 Å². The van der Waals surface area contributed by atoms with Crippen molar-refractivity contribution in [2.45, 2.75) is 20.4 Å². The van der Waals surface area contributed by atoms with Crippen molar-refractivity contribution in [2.24, 2.45) is 0 Å². The van der Waals surface area contributed by atoms with Gasteiger partial charge in [0.15, 0.2) is 5.65 Å². The molecule has 0 saturated heterocycles. The number of carbonyl (C=O) groups excluding carboxylic acids is 2. The average Bonchev–Trinajstić information content (AvgIpc) is 3.30. The van der Waals surface area contributed by atoms with E-state index in [0.717, 1.165) is 5.56 Å². The molecule has 2 amide bonds. The number of aromatic nitrogens is 3. The Hall–Kier alpha value is -4.20. The minimum Gasteiger partial charge on any atom is -0.497 e. The molecule has 0 spiro atoms. The summed E-state index contributed by atoms with van der Waals surface area (Å²) in [7, 11) is 1.59. The quantitative estimate of drug-likeness (QED) is 0.428. The lowest BCUT2D eigenvalue weighted by atomic mass is 10.1. The summed E-state index contributed by atoms with van der Waals surface area (Å²) in [6, 6.07) is 18.5. The molecule has 0 unspecified atom stereocenters. The van der Waals surface area contributed by atoms with E-state index in [1.54, 1.807) is 48.3 Å². The number of carbonyl (C=O) groups is 2. The zero-order chi connectivity index (χ0) is 24.1. The Balaban J connectivity index is 1.63. The summed E-state index contributed by atoms with van der Waals surface area (Å²) >= 11 is 0. The summed E-state index contributed by atoms with van der Waals surface area (Å²) < 4.78 is 6.91. The van der Waals surface area contributed by atoms with E-state index in [1.807, 2.05) is 44.2 Å². The van der Waals surface area contributed by atoms with Crippen LogP contribution in [0.2, 0.25) is 0 Å². The summed E-state index contributed by atoms with van der Waals surface area (Å²) in [6.45, 7) is 4.76. The van der Waals surface area contributed by atoms with Crippen LogP contribution in [0.15, 0.2) is 66.9 Å². The van der Waals surface area contributed by atoms with Crippen molar-refractivity contribution < 1.29 is 14.3 Å². The van der Waals surface area contributed by atoms with Gasteiger partial charge >= 0.3 is 0 Å². The van der Waals surface area contributed by atoms with Crippen molar-refractivity contribution in [3.05, 3.63) is 72.4 Å². The summed E-state index contributed by atoms with van der Waals surface area (Å²) in [5.74, 6) is 0.178. The number of hydrogen-bond donors (Lipinski definition) is 1. The third-order valence-electron chi connectivity index (χ3n) is 5.59. The molecule has 2 heterocycles. The van der Waals surface area contributed by atoms with Gasteiger partial charge in [0.25, 0.3) is 5.91 Å². The van der Waals surface area contributed by atoms with Crippen molar-refractivity contribution in [3.8, 4) is 17.0 Å². The van der Waals surface area contributed by atoms with E-state index in [2.05, 4.69) is 10.4 Å². The van der Waals surface area contributed by atoms with Gasteiger partial charge < -0.3 is 15.0 Å². The maximum absolute atomic E-state index is 13.6. The van der Waals surface area contributed by atoms with Crippen molar-refractivity contribution >= 4 is 28.5 Å². The number of aryl methyl sites for hydroxylation is 1. The fourth-order valence-corrected chi connectivity index (χ4v) is 3.76. The van der Waals surface area contributed by atoms with Gasteiger partial charge in [-0.05, 0) is 44.2 Å². The van der Waals surface area contributed by atoms with Crippen LogP contribution in [0.1, 0.15) is 24.2 Å². The highest BCUT2D eigenvalue weighted by Crippen LogP contribution is 2.26. The molecule has 0 aliphatic carbocycles. The Kier molecular flexibility index (Phi) is 6.87. The predicted molar refractivity (Wildman–Crippen MR) is 132 cm³/mol. The number of hydrogen-bond acceptors (Lipinski definition) is 5. The second-order valence-corrected chi connectivity index (χ2v) is 7.71. The van der Waals surface area contributed by atoms with Crippen LogP contribution in [0.3, 0.4) is 0 Å². The normalized spacial score (nSPS) is 10.8. The second kappa shape index (κ2) is 10.2. The van der Waals surface area contributed by atoms with E-state index in [9.17, 15) is 9.59 Å². The van der Waals surface area contributed by atoms with Crippen LogP contribution in [0.25, 0.3) is 22.3 Å². The molecule has 174 valence electrons. The Labute approximate surface area is 198 Å². The second-order valence-electron chi connectivity index (χ2n) is 7.71. The number of amides is 2. The number of nitrogens with zero attached hydrogens (tertiary/aromatic N) is 4. The van der Waals surface area contributed by atoms with Gasteiger partial charge in [-0.15, -0.1) is 0 Å². The van der Waals surface area contributed by atoms with Gasteiger partial charge in [0.05, 0.1) is 30.0 Å². The van der Waals surface area contributed by atoms with E-state index in [1.165, 1.54) is 4.90 Å². The lowest BCUT2D eigenvalue weighted by Gasteiger charge is -2.21. The number of fused-ring (bicyclic) bond motifs is 1. The van der Waals surface area contributed by atoms with Crippen LogP contribution >= 0.6 is 0 Å². The number of likely N-dealkylation sites (N-methyl/N-ethyl adjacent to an activating group) is 1. The first kappa shape index (κ1) is 23.0. The first-order valence-corrected chi connectivity index (χ1v) is 11.2. The average molecular weight is 458 g/mol. The highest BCUT2D eigenvalue weighted by Gasteiger charge is 2.23. The third kappa shape index (κ3) is 4.76. The monoisotopic (exact) mass is 457 g/mol.